The zero-order valence-corrected chi connectivity index (χ0v) is 24.0. The van der Waals surface area contributed by atoms with Crippen LogP contribution in [0, 0.1) is 5.92 Å². The van der Waals surface area contributed by atoms with E-state index in [4.69, 9.17) is 9.47 Å². The number of sulfonamides is 1. The molecule has 12 heteroatoms. The van der Waals surface area contributed by atoms with E-state index in [2.05, 4.69) is 10.6 Å². The van der Waals surface area contributed by atoms with Gasteiger partial charge in [0, 0.05) is 25.6 Å². The molecule has 2 aromatic rings. The predicted octanol–water partition coefficient (Wildman–Crippen LogP) is 2.77. The van der Waals surface area contributed by atoms with Crippen molar-refractivity contribution in [3.05, 3.63) is 48.0 Å². The standard InChI is InChI=1S/C27H38N4O7S/c1-17(2)28-27(34)29-23-9-7-8-22-25(23)38-24(18(3)14-31(26(22)33)19(4)16-32)15-30(5)39(35,36)21-12-10-20(37-6)11-13-21/h7-13,17-19,24,32H,14-16H2,1-6H3,(H2,28,29,34)/t18-,19+,24-/m1/s1. The zero-order chi connectivity index (χ0) is 28.9. The Morgan fingerprint density at radius 1 is 1.21 bits per heavy atom. The molecule has 1 aliphatic rings. The van der Waals surface area contributed by atoms with Gasteiger partial charge in [0.05, 0.1) is 42.4 Å². The lowest BCUT2D eigenvalue weighted by molar-refractivity contribution is 0.0389. The van der Waals surface area contributed by atoms with Crippen LogP contribution in [-0.2, 0) is 10.0 Å². The second-order valence-corrected chi connectivity index (χ2v) is 12.1. The van der Waals surface area contributed by atoms with E-state index < -0.39 is 28.2 Å². The molecule has 0 saturated carbocycles. The summed E-state index contributed by atoms with van der Waals surface area (Å²) >= 11 is 0. The summed E-state index contributed by atoms with van der Waals surface area (Å²) in [5.74, 6) is -0.0102. The number of para-hydroxylation sites is 1. The number of likely N-dealkylation sites (N-methyl/N-ethyl adjacent to an activating group) is 1. The summed E-state index contributed by atoms with van der Waals surface area (Å²) in [4.78, 5) is 27.7. The van der Waals surface area contributed by atoms with Crippen LogP contribution in [0.4, 0.5) is 10.5 Å². The Morgan fingerprint density at radius 2 is 1.87 bits per heavy atom. The van der Waals surface area contributed by atoms with Crippen molar-refractivity contribution in [3.8, 4) is 11.5 Å². The number of fused-ring (bicyclic) bond motifs is 1. The van der Waals surface area contributed by atoms with Crippen LogP contribution in [0.2, 0.25) is 0 Å². The Bertz CT molecular complexity index is 1270. The van der Waals surface area contributed by atoms with Gasteiger partial charge < -0.3 is 30.1 Å². The summed E-state index contributed by atoms with van der Waals surface area (Å²) in [7, 11) is -0.906. The Kier molecular flexibility index (Phi) is 9.81. The maximum atomic E-state index is 13.6. The molecule has 3 atom stereocenters. The topological polar surface area (TPSA) is 138 Å². The van der Waals surface area contributed by atoms with Crippen LogP contribution >= 0.6 is 0 Å². The fourth-order valence-corrected chi connectivity index (χ4v) is 5.44. The van der Waals surface area contributed by atoms with Gasteiger partial charge in [-0.1, -0.05) is 13.0 Å². The molecule has 0 radical (unpaired) electrons. The van der Waals surface area contributed by atoms with Crippen LogP contribution in [0.5, 0.6) is 11.5 Å². The molecule has 0 spiro atoms. The molecular weight excluding hydrogens is 524 g/mol. The van der Waals surface area contributed by atoms with Crippen molar-refractivity contribution in [2.75, 3.05) is 39.2 Å². The van der Waals surface area contributed by atoms with Crippen LogP contribution in [-0.4, -0.2) is 86.7 Å². The third kappa shape index (κ3) is 7.00. The van der Waals surface area contributed by atoms with Crippen LogP contribution in [0.3, 0.4) is 0 Å². The number of nitrogens with zero attached hydrogens (tertiary/aromatic N) is 2. The first-order valence-corrected chi connectivity index (χ1v) is 14.2. The SMILES string of the molecule is COc1ccc(S(=O)(=O)N(C)C[C@H]2Oc3c(NC(=O)NC(C)C)cccc3C(=O)N([C@@H](C)CO)C[C@H]2C)cc1. The van der Waals surface area contributed by atoms with Gasteiger partial charge in [-0.2, -0.15) is 4.31 Å². The molecule has 1 aliphatic heterocycles. The molecule has 214 valence electrons. The van der Waals surface area contributed by atoms with E-state index in [1.807, 2.05) is 20.8 Å². The Hall–Kier alpha value is -3.35. The van der Waals surface area contributed by atoms with Crippen molar-refractivity contribution in [1.82, 2.24) is 14.5 Å². The first-order valence-electron chi connectivity index (χ1n) is 12.8. The normalized spacial score (nSPS) is 18.6. The number of benzene rings is 2. The van der Waals surface area contributed by atoms with E-state index in [0.717, 1.165) is 0 Å². The van der Waals surface area contributed by atoms with Gasteiger partial charge in [-0.25, -0.2) is 13.2 Å². The number of anilines is 1. The molecule has 0 aliphatic carbocycles. The molecule has 11 nitrogen and oxygen atoms in total. The number of nitrogens with one attached hydrogen (secondary N) is 2. The Morgan fingerprint density at radius 3 is 2.46 bits per heavy atom. The first kappa shape index (κ1) is 30.2. The minimum Gasteiger partial charge on any atom is -0.497 e. The number of ether oxygens (including phenoxy) is 2. The lowest BCUT2D eigenvalue weighted by Crippen LogP contribution is -2.50. The Balaban J connectivity index is 2.00. The highest BCUT2D eigenvalue weighted by Crippen LogP contribution is 2.35. The van der Waals surface area contributed by atoms with Crippen LogP contribution < -0.4 is 20.1 Å². The van der Waals surface area contributed by atoms with Crippen molar-refractivity contribution in [2.24, 2.45) is 5.92 Å². The van der Waals surface area contributed by atoms with Crippen LogP contribution in [0.25, 0.3) is 0 Å². The summed E-state index contributed by atoms with van der Waals surface area (Å²) in [6, 6.07) is 9.85. The summed E-state index contributed by atoms with van der Waals surface area (Å²) < 4.78 is 39.4. The minimum atomic E-state index is -3.88. The third-order valence-electron chi connectivity index (χ3n) is 6.56. The van der Waals surface area contributed by atoms with Gasteiger partial charge in [-0.3, -0.25) is 4.79 Å². The summed E-state index contributed by atoms with van der Waals surface area (Å²) in [6.45, 7) is 7.18. The van der Waals surface area contributed by atoms with Gasteiger partial charge in [0.2, 0.25) is 10.0 Å². The Labute approximate surface area is 230 Å². The molecule has 0 saturated heterocycles. The van der Waals surface area contributed by atoms with E-state index in [0.29, 0.717) is 5.75 Å². The van der Waals surface area contributed by atoms with Gasteiger partial charge in [0.25, 0.3) is 5.91 Å². The number of rotatable bonds is 9. The summed E-state index contributed by atoms with van der Waals surface area (Å²) in [6.07, 6.45) is -0.695. The average Bonchev–Trinajstić information content (AvgIpc) is 2.89. The van der Waals surface area contributed by atoms with Crippen LogP contribution in [0.1, 0.15) is 38.1 Å². The largest absolute Gasteiger partial charge is 0.497 e. The minimum absolute atomic E-state index is 0.0307. The summed E-state index contributed by atoms with van der Waals surface area (Å²) in [5.41, 5.74) is 0.477. The smallest absolute Gasteiger partial charge is 0.319 e. The molecular formula is C27H38N4O7S. The van der Waals surface area contributed by atoms with Crippen molar-refractivity contribution in [2.45, 2.75) is 50.8 Å². The number of aliphatic hydroxyl groups excluding tert-OH is 1. The first-order chi connectivity index (χ1) is 18.4. The van der Waals surface area contributed by atoms with E-state index in [-0.39, 0.29) is 59.5 Å². The molecule has 0 bridgehead atoms. The maximum Gasteiger partial charge on any atom is 0.319 e. The van der Waals surface area contributed by atoms with Gasteiger partial charge in [0.15, 0.2) is 5.75 Å². The molecule has 3 amide bonds. The quantitative estimate of drug-likeness (QED) is 0.427. The predicted molar refractivity (Wildman–Crippen MR) is 148 cm³/mol. The number of urea groups is 1. The summed E-state index contributed by atoms with van der Waals surface area (Å²) in [5, 5.41) is 15.3. The molecule has 0 fully saturated rings. The molecule has 1 heterocycles. The molecule has 3 rings (SSSR count). The van der Waals surface area contributed by atoms with Crippen molar-refractivity contribution in [3.63, 3.8) is 0 Å². The highest BCUT2D eigenvalue weighted by molar-refractivity contribution is 7.89. The highest BCUT2D eigenvalue weighted by atomic mass is 32.2. The number of carbonyl (C=O) groups is 2. The number of hydrogen-bond acceptors (Lipinski definition) is 7. The van der Waals surface area contributed by atoms with Crippen molar-refractivity contribution in [1.29, 1.82) is 0 Å². The van der Waals surface area contributed by atoms with Gasteiger partial charge in [-0.15, -0.1) is 0 Å². The number of hydrogen-bond donors (Lipinski definition) is 3. The number of carbonyl (C=O) groups excluding carboxylic acids is 2. The lowest BCUT2D eigenvalue weighted by atomic mass is 9.99. The molecule has 0 aromatic heterocycles. The molecule has 3 N–H and O–H groups in total. The van der Waals surface area contributed by atoms with Gasteiger partial charge in [-0.05, 0) is 57.2 Å². The highest BCUT2D eigenvalue weighted by Gasteiger charge is 2.36. The second-order valence-electron chi connectivity index (χ2n) is 10.0. The fourth-order valence-electron chi connectivity index (χ4n) is 4.26. The second kappa shape index (κ2) is 12.7. The number of methoxy groups -OCH3 is 1. The van der Waals surface area contributed by atoms with Gasteiger partial charge in [0.1, 0.15) is 11.9 Å². The third-order valence-corrected chi connectivity index (χ3v) is 8.40. The van der Waals surface area contributed by atoms with E-state index >= 15 is 0 Å². The molecule has 2 aromatic carbocycles. The lowest BCUT2D eigenvalue weighted by Gasteiger charge is -2.38. The fraction of sp³-hybridized carbons (Fsp3) is 0.481. The van der Waals surface area contributed by atoms with E-state index in [1.54, 1.807) is 42.2 Å². The maximum absolute atomic E-state index is 13.6. The molecule has 0 unspecified atom stereocenters. The molecule has 39 heavy (non-hydrogen) atoms. The van der Waals surface area contributed by atoms with Gasteiger partial charge >= 0.3 is 6.03 Å². The number of amides is 3. The van der Waals surface area contributed by atoms with Crippen molar-refractivity contribution >= 4 is 27.6 Å². The van der Waals surface area contributed by atoms with Crippen molar-refractivity contribution < 1.29 is 32.6 Å². The monoisotopic (exact) mass is 562 g/mol. The zero-order valence-electron chi connectivity index (χ0n) is 23.2. The van der Waals surface area contributed by atoms with E-state index in [1.165, 1.54) is 30.6 Å². The van der Waals surface area contributed by atoms with E-state index in [9.17, 15) is 23.1 Å². The number of aliphatic hydroxyl groups is 1. The van der Waals surface area contributed by atoms with Crippen LogP contribution in [0.15, 0.2) is 47.4 Å². The average molecular weight is 563 g/mol.